The van der Waals surface area contributed by atoms with Crippen LogP contribution in [0, 0.1) is 5.41 Å². The van der Waals surface area contributed by atoms with Crippen molar-refractivity contribution >= 4 is 35.6 Å². The SMILES string of the molecule is CCC1(CNC(=O)c2cc(Cl)c(N)cc2OC)CC1.Cl. The van der Waals surface area contributed by atoms with Gasteiger partial charge in [-0.05, 0) is 30.7 Å². The Morgan fingerprint density at radius 1 is 1.50 bits per heavy atom. The van der Waals surface area contributed by atoms with Gasteiger partial charge in [-0.15, -0.1) is 12.4 Å². The van der Waals surface area contributed by atoms with Crippen molar-refractivity contribution in [3.8, 4) is 5.75 Å². The van der Waals surface area contributed by atoms with Crippen molar-refractivity contribution < 1.29 is 9.53 Å². The lowest BCUT2D eigenvalue weighted by Gasteiger charge is -2.15. The van der Waals surface area contributed by atoms with Gasteiger partial charge in [0, 0.05) is 12.6 Å². The highest BCUT2D eigenvalue weighted by Gasteiger charge is 2.40. The van der Waals surface area contributed by atoms with Crippen LogP contribution in [-0.2, 0) is 0 Å². The van der Waals surface area contributed by atoms with Crippen LogP contribution in [-0.4, -0.2) is 19.6 Å². The lowest BCUT2D eigenvalue weighted by atomic mass is 10.0. The van der Waals surface area contributed by atoms with E-state index in [1.165, 1.54) is 20.0 Å². The largest absolute Gasteiger partial charge is 0.496 e. The summed E-state index contributed by atoms with van der Waals surface area (Å²) in [7, 11) is 1.51. The predicted octanol–water partition coefficient (Wildman–Crippen LogP) is 3.27. The first-order valence-corrected chi connectivity index (χ1v) is 6.80. The molecular weight excluding hydrogens is 299 g/mol. The number of nitrogens with one attached hydrogen (secondary N) is 1. The zero-order chi connectivity index (χ0) is 14.0. The summed E-state index contributed by atoms with van der Waals surface area (Å²) >= 11 is 5.96. The fourth-order valence-electron chi connectivity index (χ4n) is 2.11. The van der Waals surface area contributed by atoms with Crippen molar-refractivity contribution in [2.45, 2.75) is 26.2 Å². The topological polar surface area (TPSA) is 64.4 Å². The van der Waals surface area contributed by atoms with E-state index < -0.39 is 0 Å². The Hall–Kier alpha value is -1.13. The number of rotatable bonds is 5. The molecule has 6 heteroatoms. The molecule has 1 fully saturated rings. The molecule has 1 aliphatic carbocycles. The summed E-state index contributed by atoms with van der Waals surface area (Å²) in [5.41, 5.74) is 6.83. The van der Waals surface area contributed by atoms with Crippen molar-refractivity contribution in [2.75, 3.05) is 19.4 Å². The van der Waals surface area contributed by atoms with Crippen LogP contribution in [0.2, 0.25) is 5.02 Å². The minimum atomic E-state index is -0.168. The first-order valence-electron chi connectivity index (χ1n) is 6.42. The molecule has 0 spiro atoms. The fourth-order valence-corrected chi connectivity index (χ4v) is 2.27. The van der Waals surface area contributed by atoms with E-state index in [-0.39, 0.29) is 18.3 Å². The highest BCUT2D eigenvalue weighted by molar-refractivity contribution is 6.33. The van der Waals surface area contributed by atoms with Gasteiger partial charge in [0.15, 0.2) is 0 Å². The number of methoxy groups -OCH3 is 1. The van der Waals surface area contributed by atoms with E-state index >= 15 is 0 Å². The second-order valence-corrected chi connectivity index (χ2v) is 5.52. The van der Waals surface area contributed by atoms with Gasteiger partial charge in [-0.1, -0.05) is 18.5 Å². The molecule has 2 rings (SSSR count). The van der Waals surface area contributed by atoms with Gasteiger partial charge in [-0.3, -0.25) is 4.79 Å². The molecule has 0 saturated heterocycles. The van der Waals surface area contributed by atoms with E-state index in [4.69, 9.17) is 22.1 Å². The Balaban J connectivity index is 0.00000200. The molecule has 1 aromatic carbocycles. The maximum absolute atomic E-state index is 12.2. The summed E-state index contributed by atoms with van der Waals surface area (Å²) in [5.74, 6) is 0.277. The summed E-state index contributed by atoms with van der Waals surface area (Å²) in [4.78, 5) is 12.2. The van der Waals surface area contributed by atoms with Gasteiger partial charge in [0.05, 0.1) is 23.4 Å². The number of ether oxygens (including phenoxy) is 1. The minimum Gasteiger partial charge on any atom is -0.496 e. The maximum atomic E-state index is 12.2. The number of carbonyl (C=O) groups is 1. The quantitative estimate of drug-likeness (QED) is 0.819. The number of hydrogen-bond donors (Lipinski definition) is 2. The van der Waals surface area contributed by atoms with Crippen LogP contribution in [0.3, 0.4) is 0 Å². The number of hydrogen-bond acceptors (Lipinski definition) is 3. The monoisotopic (exact) mass is 318 g/mol. The molecule has 1 aliphatic rings. The van der Waals surface area contributed by atoms with Crippen LogP contribution in [0.5, 0.6) is 5.75 Å². The highest BCUT2D eigenvalue weighted by Crippen LogP contribution is 2.47. The summed E-state index contributed by atoms with van der Waals surface area (Å²) in [6, 6.07) is 3.13. The number of anilines is 1. The Kier molecular flexibility index (Phi) is 5.54. The third kappa shape index (κ3) is 3.49. The lowest BCUT2D eigenvalue weighted by molar-refractivity contribution is 0.0941. The van der Waals surface area contributed by atoms with Crippen LogP contribution in [0.4, 0.5) is 5.69 Å². The van der Waals surface area contributed by atoms with Gasteiger partial charge < -0.3 is 15.8 Å². The third-order valence-electron chi connectivity index (χ3n) is 3.89. The number of nitrogen functional groups attached to an aromatic ring is 1. The molecule has 0 heterocycles. The number of amides is 1. The van der Waals surface area contributed by atoms with Gasteiger partial charge >= 0.3 is 0 Å². The summed E-state index contributed by atoms with van der Waals surface area (Å²) in [5, 5.41) is 3.32. The first-order chi connectivity index (χ1) is 9.01. The number of carbonyl (C=O) groups excluding carboxylic acids is 1. The molecule has 0 aromatic heterocycles. The molecule has 0 atom stereocenters. The summed E-state index contributed by atoms with van der Waals surface area (Å²) in [6.07, 6.45) is 3.46. The van der Waals surface area contributed by atoms with E-state index in [2.05, 4.69) is 12.2 Å². The van der Waals surface area contributed by atoms with Crippen molar-refractivity contribution in [1.29, 1.82) is 0 Å². The predicted molar refractivity (Wildman–Crippen MR) is 84.0 cm³/mol. The van der Waals surface area contributed by atoms with Crippen molar-refractivity contribution in [3.63, 3.8) is 0 Å². The molecule has 3 N–H and O–H groups in total. The zero-order valence-electron chi connectivity index (χ0n) is 11.7. The normalized spacial score (nSPS) is 15.2. The summed E-state index contributed by atoms with van der Waals surface area (Å²) in [6.45, 7) is 2.85. The van der Waals surface area contributed by atoms with Crippen LogP contribution in [0.15, 0.2) is 12.1 Å². The van der Waals surface area contributed by atoms with E-state index in [1.807, 2.05) is 0 Å². The average molecular weight is 319 g/mol. The van der Waals surface area contributed by atoms with E-state index in [0.717, 1.165) is 6.42 Å². The van der Waals surface area contributed by atoms with Crippen LogP contribution < -0.4 is 15.8 Å². The molecule has 1 aromatic rings. The Labute approximate surface area is 130 Å². The van der Waals surface area contributed by atoms with Crippen LogP contribution >= 0.6 is 24.0 Å². The number of benzene rings is 1. The minimum absolute atomic E-state index is 0. The van der Waals surface area contributed by atoms with Gasteiger partial charge in [0.25, 0.3) is 5.91 Å². The van der Waals surface area contributed by atoms with Gasteiger partial charge in [0.2, 0.25) is 0 Å². The van der Waals surface area contributed by atoms with E-state index in [9.17, 15) is 4.79 Å². The lowest BCUT2D eigenvalue weighted by Crippen LogP contribution is -2.30. The smallest absolute Gasteiger partial charge is 0.255 e. The van der Waals surface area contributed by atoms with Gasteiger partial charge in [-0.2, -0.15) is 0 Å². The van der Waals surface area contributed by atoms with Gasteiger partial charge in [-0.25, -0.2) is 0 Å². The van der Waals surface area contributed by atoms with Gasteiger partial charge in [0.1, 0.15) is 5.75 Å². The van der Waals surface area contributed by atoms with Crippen molar-refractivity contribution in [3.05, 3.63) is 22.7 Å². The van der Waals surface area contributed by atoms with Crippen LogP contribution in [0.25, 0.3) is 0 Å². The Morgan fingerprint density at radius 2 is 2.15 bits per heavy atom. The average Bonchev–Trinajstić information content (AvgIpc) is 3.19. The number of nitrogens with two attached hydrogens (primary N) is 1. The first kappa shape index (κ1) is 16.9. The van der Waals surface area contributed by atoms with E-state index in [0.29, 0.717) is 34.0 Å². The molecule has 112 valence electrons. The second-order valence-electron chi connectivity index (χ2n) is 5.11. The molecule has 0 unspecified atom stereocenters. The molecular formula is C14H20Cl2N2O2. The molecule has 20 heavy (non-hydrogen) atoms. The highest BCUT2D eigenvalue weighted by atomic mass is 35.5. The summed E-state index contributed by atoms with van der Waals surface area (Å²) < 4.78 is 5.18. The van der Waals surface area contributed by atoms with Crippen LogP contribution in [0.1, 0.15) is 36.5 Å². The molecule has 4 nitrogen and oxygen atoms in total. The Morgan fingerprint density at radius 3 is 2.65 bits per heavy atom. The standard InChI is InChI=1S/C14H19ClN2O2.ClH/c1-3-14(4-5-14)8-17-13(18)9-6-10(15)11(16)7-12(9)19-2;/h6-7H,3-5,8,16H2,1-2H3,(H,17,18);1H. The second kappa shape index (κ2) is 6.55. The van der Waals surface area contributed by atoms with Crippen molar-refractivity contribution in [1.82, 2.24) is 5.32 Å². The maximum Gasteiger partial charge on any atom is 0.255 e. The molecule has 0 radical (unpaired) electrons. The molecule has 0 bridgehead atoms. The van der Waals surface area contributed by atoms with E-state index in [1.54, 1.807) is 12.1 Å². The molecule has 1 amide bonds. The zero-order valence-corrected chi connectivity index (χ0v) is 13.2. The van der Waals surface area contributed by atoms with Crippen molar-refractivity contribution in [2.24, 2.45) is 5.41 Å². The fraction of sp³-hybridized carbons (Fsp3) is 0.500. The number of halogens is 2. The molecule has 1 saturated carbocycles. The molecule has 0 aliphatic heterocycles. The Bertz CT molecular complexity index is 502. The third-order valence-corrected chi connectivity index (χ3v) is 4.22.